The lowest BCUT2D eigenvalue weighted by Gasteiger charge is -2.10. The van der Waals surface area contributed by atoms with E-state index in [4.69, 9.17) is 4.74 Å². The van der Waals surface area contributed by atoms with Crippen LogP contribution in [0.1, 0.15) is 24.4 Å². The Bertz CT molecular complexity index is 563. The maximum Gasteiger partial charge on any atom is 0.172 e. The summed E-state index contributed by atoms with van der Waals surface area (Å²) in [6.07, 6.45) is 2.59. The minimum Gasteiger partial charge on any atom is -0.377 e. The Labute approximate surface area is 117 Å². The summed E-state index contributed by atoms with van der Waals surface area (Å²) < 4.78 is 7.23. The molecule has 7 heteroatoms. The second kappa shape index (κ2) is 6.06. The minimum atomic E-state index is 0.316. The van der Waals surface area contributed by atoms with Gasteiger partial charge in [-0.3, -0.25) is 0 Å². The first-order chi connectivity index (χ1) is 9.83. The summed E-state index contributed by atoms with van der Waals surface area (Å²) in [7, 11) is 0. The molecule has 0 bridgehead atoms. The second-order valence-electron chi connectivity index (χ2n) is 4.91. The van der Waals surface area contributed by atoms with Crippen LogP contribution in [0, 0.1) is 6.92 Å². The monoisotopic (exact) mass is 274 g/mol. The third-order valence-electron chi connectivity index (χ3n) is 3.30. The Morgan fingerprint density at radius 3 is 3.20 bits per heavy atom. The van der Waals surface area contributed by atoms with E-state index in [1.165, 1.54) is 0 Å². The van der Waals surface area contributed by atoms with E-state index >= 15 is 0 Å². The van der Waals surface area contributed by atoms with Gasteiger partial charge in [0, 0.05) is 18.8 Å². The first-order valence-corrected chi connectivity index (χ1v) is 6.86. The number of rotatable bonds is 5. The smallest absolute Gasteiger partial charge is 0.172 e. The fourth-order valence-electron chi connectivity index (χ4n) is 2.29. The van der Waals surface area contributed by atoms with E-state index in [9.17, 15) is 0 Å². The van der Waals surface area contributed by atoms with Crippen molar-refractivity contribution in [3.63, 3.8) is 0 Å². The average molecular weight is 274 g/mol. The highest BCUT2D eigenvalue weighted by atomic mass is 16.5. The van der Waals surface area contributed by atoms with Crippen LogP contribution >= 0.6 is 0 Å². The van der Waals surface area contributed by atoms with Crippen LogP contribution < -0.4 is 5.32 Å². The van der Waals surface area contributed by atoms with Gasteiger partial charge in [0.15, 0.2) is 11.6 Å². The van der Waals surface area contributed by atoms with Gasteiger partial charge >= 0.3 is 0 Å². The largest absolute Gasteiger partial charge is 0.377 e. The van der Waals surface area contributed by atoms with Gasteiger partial charge in [-0.2, -0.15) is 4.68 Å². The number of tetrazole rings is 1. The zero-order valence-electron chi connectivity index (χ0n) is 11.5. The molecule has 0 amide bonds. The third-order valence-corrected chi connectivity index (χ3v) is 3.30. The maximum atomic E-state index is 5.57. The molecular formula is C13H18N6O. The van der Waals surface area contributed by atoms with E-state index in [1.54, 1.807) is 4.68 Å². The first-order valence-electron chi connectivity index (χ1n) is 6.86. The number of aryl methyl sites for hydroxylation is 1. The molecule has 20 heavy (non-hydrogen) atoms. The van der Waals surface area contributed by atoms with Crippen LogP contribution in [0.15, 0.2) is 18.2 Å². The predicted molar refractivity (Wildman–Crippen MR) is 72.4 cm³/mol. The molecule has 106 valence electrons. The molecule has 2 aromatic heterocycles. The summed E-state index contributed by atoms with van der Waals surface area (Å²) in [5, 5.41) is 15.1. The van der Waals surface area contributed by atoms with Crippen molar-refractivity contribution in [1.29, 1.82) is 0 Å². The zero-order valence-corrected chi connectivity index (χ0v) is 11.5. The molecule has 1 N–H and O–H groups in total. The number of ether oxygens (including phenoxy) is 1. The van der Waals surface area contributed by atoms with Crippen LogP contribution in [0.4, 0.5) is 0 Å². The van der Waals surface area contributed by atoms with E-state index in [0.717, 1.165) is 43.3 Å². The molecule has 1 aliphatic rings. The molecule has 0 unspecified atom stereocenters. The molecule has 2 aromatic rings. The third kappa shape index (κ3) is 3.00. The Kier molecular flexibility index (Phi) is 3.98. The van der Waals surface area contributed by atoms with Gasteiger partial charge in [0.2, 0.25) is 0 Å². The Balaban J connectivity index is 1.64. The molecule has 0 aliphatic carbocycles. The van der Waals surface area contributed by atoms with Crippen molar-refractivity contribution in [2.45, 2.75) is 32.4 Å². The highest BCUT2D eigenvalue weighted by molar-refractivity contribution is 5.23. The van der Waals surface area contributed by atoms with Gasteiger partial charge in [0.25, 0.3) is 0 Å². The van der Waals surface area contributed by atoms with Crippen molar-refractivity contribution in [3.8, 4) is 5.82 Å². The van der Waals surface area contributed by atoms with E-state index in [2.05, 4.69) is 25.8 Å². The normalized spacial score (nSPS) is 18.6. The quantitative estimate of drug-likeness (QED) is 0.862. The summed E-state index contributed by atoms with van der Waals surface area (Å²) in [4.78, 5) is 4.43. The number of nitrogens with one attached hydrogen (secondary N) is 1. The Morgan fingerprint density at radius 1 is 1.45 bits per heavy atom. The summed E-state index contributed by atoms with van der Waals surface area (Å²) in [6.45, 7) is 4.25. The highest BCUT2D eigenvalue weighted by Gasteiger charge is 2.15. The summed E-state index contributed by atoms with van der Waals surface area (Å²) in [5.74, 6) is 1.49. The molecule has 1 fully saturated rings. The minimum absolute atomic E-state index is 0.316. The van der Waals surface area contributed by atoms with E-state index < -0.39 is 0 Å². The predicted octanol–water partition coefficient (Wildman–Crippen LogP) is 0.634. The van der Waals surface area contributed by atoms with Gasteiger partial charge in [-0.1, -0.05) is 6.07 Å². The van der Waals surface area contributed by atoms with Gasteiger partial charge in [0.1, 0.15) is 0 Å². The molecule has 1 aliphatic heterocycles. The van der Waals surface area contributed by atoms with Crippen molar-refractivity contribution in [1.82, 2.24) is 30.5 Å². The number of hydrogen-bond donors (Lipinski definition) is 1. The van der Waals surface area contributed by atoms with Crippen LogP contribution in [0.5, 0.6) is 0 Å². The molecule has 0 saturated carbocycles. The summed E-state index contributed by atoms with van der Waals surface area (Å²) in [5.41, 5.74) is 0.941. The lowest BCUT2D eigenvalue weighted by molar-refractivity contribution is 0.109. The summed E-state index contributed by atoms with van der Waals surface area (Å²) >= 11 is 0. The van der Waals surface area contributed by atoms with Crippen LogP contribution in [0.25, 0.3) is 5.82 Å². The van der Waals surface area contributed by atoms with Crippen molar-refractivity contribution < 1.29 is 4.74 Å². The van der Waals surface area contributed by atoms with Crippen LogP contribution in [0.3, 0.4) is 0 Å². The molecular weight excluding hydrogens is 256 g/mol. The van der Waals surface area contributed by atoms with Crippen molar-refractivity contribution in [3.05, 3.63) is 29.7 Å². The molecule has 1 atom stereocenters. The number of hydrogen-bond acceptors (Lipinski definition) is 6. The molecule has 0 spiro atoms. The second-order valence-corrected chi connectivity index (χ2v) is 4.91. The molecule has 3 heterocycles. The zero-order chi connectivity index (χ0) is 13.8. The molecule has 0 radical (unpaired) electrons. The molecule has 0 aromatic carbocycles. The first kappa shape index (κ1) is 13.1. The lowest BCUT2D eigenvalue weighted by atomic mass is 10.2. The standard InChI is InChI=1S/C13H18N6O/c1-10-4-2-6-12(15-10)19-13(16-17-18-19)9-14-8-11-5-3-7-20-11/h2,4,6,11,14H,3,5,7-9H2,1H3/t11-/m1/s1. The summed E-state index contributed by atoms with van der Waals surface area (Å²) in [6, 6.07) is 5.79. The van der Waals surface area contributed by atoms with Gasteiger partial charge in [-0.25, -0.2) is 4.98 Å². The Morgan fingerprint density at radius 2 is 2.40 bits per heavy atom. The van der Waals surface area contributed by atoms with Crippen LogP contribution in [-0.4, -0.2) is 44.4 Å². The Hall–Kier alpha value is -1.86. The molecule has 7 nitrogen and oxygen atoms in total. The van der Waals surface area contributed by atoms with Crippen molar-refractivity contribution in [2.75, 3.05) is 13.2 Å². The van der Waals surface area contributed by atoms with Gasteiger partial charge in [-0.05, 0) is 42.3 Å². The molecule has 1 saturated heterocycles. The highest BCUT2D eigenvalue weighted by Crippen LogP contribution is 2.11. The van der Waals surface area contributed by atoms with E-state index in [0.29, 0.717) is 12.6 Å². The average Bonchev–Trinajstić information content (AvgIpc) is 3.10. The van der Waals surface area contributed by atoms with Gasteiger partial charge < -0.3 is 10.1 Å². The van der Waals surface area contributed by atoms with E-state index in [-0.39, 0.29) is 0 Å². The van der Waals surface area contributed by atoms with Crippen LogP contribution in [0.2, 0.25) is 0 Å². The van der Waals surface area contributed by atoms with Gasteiger partial charge in [-0.15, -0.1) is 5.10 Å². The fourth-order valence-corrected chi connectivity index (χ4v) is 2.29. The lowest BCUT2D eigenvalue weighted by Crippen LogP contribution is -2.27. The topological polar surface area (TPSA) is 77.8 Å². The van der Waals surface area contributed by atoms with Gasteiger partial charge in [0.05, 0.1) is 12.6 Å². The number of aromatic nitrogens is 5. The van der Waals surface area contributed by atoms with E-state index in [1.807, 2.05) is 25.1 Å². The fraction of sp³-hybridized carbons (Fsp3) is 0.538. The number of pyridine rings is 1. The number of nitrogens with zero attached hydrogens (tertiary/aromatic N) is 5. The SMILES string of the molecule is Cc1cccc(-n2nnnc2CNC[C@H]2CCCO2)n1. The van der Waals surface area contributed by atoms with Crippen LogP contribution in [-0.2, 0) is 11.3 Å². The maximum absolute atomic E-state index is 5.57. The molecule has 3 rings (SSSR count). The van der Waals surface area contributed by atoms with Crippen molar-refractivity contribution >= 4 is 0 Å². The van der Waals surface area contributed by atoms with Crippen molar-refractivity contribution in [2.24, 2.45) is 0 Å².